The number of carbonyl (C=O) groups excluding carboxylic acids is 2. The number of anilines is 2. The molecule has 0 spiro atoms. The van der Waals surface area contributed by atoms with E-state index in [1.807, 2.05) is 18.2 Å². The fourth-order valence-corrected chi connectivity index (χ4v) is 5.70. The number of aromatic nitrogens is 4. The van der Waals surface area contributed by atoms with Crippen molar-refractivity contribution in [3.05, 3.63) is 124 Å². The molecule has 268 valence electrons. The number of ether oxygens (including phenoxy) is 3. The zero-order valence-electron chi connectivity index (χ0n) is 28.3. The van der Waals surface area contributed by atoms with Crippen LogP contribution in [0.5, 0.6) is 0 Å². The highest BCUT2D eigenvalue weighted by Gasteiger charge is 2.20. The fourth-order valence-electron chi connectivity index (χ4n) is 5.42. The molecule has 11 nitrogen and oxygen atoms in total. The third-order valence-electron chi connectivity index (χ3n) is 8.18. The summed E-state index contributed by atoms with van der Waals surface area (Å²) >= 11 is 3.16. The lowest BCUT2D eigenvalue weighted by Gasteiger charge is -2.22. The van der Waals surface area contributed by atoms with Crippen molar-refractivity contribution in [2.45, 2.75) is 25.9 Å². The van der Waals surface area contributed by atoms with E-state index < -0.39 is 23.6 Å². The van der Waals surface area contributed by atoms with Crippen LogP contribution < -0.4 is 11.5 Å². The fraction of sp³-hybridized carbons (Fsp3) is 0.211. The molecular weight excluding hydrogens is 738 g/mol. The average molecular weight is 774 g/mol. The molecule has 0 amide bonds. The van der Waals surface area contributed by atoms with Gasteiger partial charge in [-0.05, 0) is 76.5 Å². The van der Waals surface area contributed by atoms with Crippen LogP contribution in [0.3, 0.4) is 0 Å². The highest BCUT2D eigenvalue weighted by Crippen LogP contribution is 2.32. The maximum absolute atomic E-state index is 14.4. The van der Waals surface area contributed by atoms with Gasteiger partial charge in [0.1, 0.15) is 39.3 Å². The lowest BCUT2D eigenvalue weighted by molar-refractivity contribution is 0.0586. The van der Waals surface area contributed by atoms with Crippen LogP contribution in [0.25, 0.3) is 28.1 Å². The van der Waals surface area contributed by atoms with Gasteiger partial charge in [-0.25, -0.2) is 38.3 Å². The largest absolute Gasteiger partial charge is 0.465 e. The summed E-state index contributed by atoms with van der Waals surface area (Å²) < 4.78 is 43.6. The number of hydrogen-bond acceptors (Lipinski definition) is 11. The van der Waals surface area contributed by atoms with Gasteiger partial charge in [-0.3, -0.25) is 0 Å². The molecule has 1 atom stereocenters. The molecule has 0 bridgehead atoms. The molecule has 6 rings (SSSR count). The van der Waals surface area contributed by atoms with Gasteiger partial charge < -0.3 is 25.7 Å². The quantitative estimate of drug-likeness (QED) is 0.143. The number of benzene rings is 3. The number of carbonyl (C=O) groups is 2. The second-order valence-corrected chi connectivity index (χ2v) is 12.5. The second kappa shape index (κ2) is 17.6. The van der Waals surface area contributed by atoms with E-state index in [0.29, 0.717) is 46.2 Å². The molecule has 1 unspecified atom stereocenters. The molecule has 3 aromatic carbocycles. The van der Waals surface area contributed by atoms with E-state index in [1.165, 1.54) is 56.3 Å². The van der Waals surface area contributed by atoms with E-state index in [0.717, 1.165) is 30.5 Å². The molecule has 0 radical (unpaired) electrons. The lowest BCUT2D eigenvalue weighted by Crippen LogP contribution is -2.13. The van der Waals surface area contributed by atoms with Crippen molar-refractivity contribution < 1.29 is 32.6 Å². The number of nitrogens with zero attached hydrogens (tertiary/aromatic N) is 4. The molecule has 0 fully saturated rings. The van der Waals surface area contributed by atoms with Gasteiger partial charge in [0.25, 0.3) is 0 Å². The Morgan fingerprint density at radius 2 is 1.40 bits per heavy atom. The molecule has 1 aliphatic rings. The first-order chi connectivity index (χ1) is 25.1. The molecule has 0 aliphatic heterocycles. The van der Waals surface area contributed by atoms with Gasteiger partial charge in [0, 0.05) is 11.1 Å². The number of nitrogen functional groups attached to an aromatic ring is 2. The summed E-state index contributed by atoms with van der Waals surface area (Å²) in [6.07, 6.45) is 8.00. The number of allylic oxidation sites excluding steroid dienone is 2. The van der Waals surface area contributed by atoms with E-state index in [-0.39, 0.29) is 22.8 Å². The smallest absolute Gasteiger partial charge is 0.340 e. The van der Waals surface area contributed by atoms with Crippen molar-refractivity contribution in [3.8, 4) is 22.5 Å². The normalized spacial score (nSPS) is 13.7. The van der Waals surface area contributed by atoms with Crippen LogP contribution in [-0.4, -0.2) is 52.7 Å². The number of esters is 2. The molecule has 2 aromatic heterocycles. The van der Waals surface area contributed by atoms with E-state index in [4.69, 9.17) is 16.2 Å². The number of rotatable bonds is 9. The Labute approximate surface area is 307 Å². The van der Waals surface area contributed by atoms with Crippen molar-refractivity contribution in [1.82, 2.24) is 19.9 Å². The summed E-state index contributed by atoms with van der Waals surface area (Å²) in [5.41, 5.74) is 16.0. The number of halogens is 3. The lowest BCUT2D eigenvalue weighted by atomic mass is 9.89. The Bertz CT molecular complexity index is 2100. The van der Waals surface area contributed by atoms with Gasteiger partial charge in [0.15, 0.2) is 0 Å². The van der Waals surface area contributed by atoms with Crippen LogP contribution >= 0.6 is 15.9 Å². The van der Waals surface area contributed by atoms with Crippen molar-refractivity contribution >= 4 is 45.1 Å². The molecule has 0 saturated heterocycles. The topological polar surface area (TPSA) is 165 Å². The minimum Gasteiger partial charge on any atom is -0.465 e. The van der Waals surface area contributed by atoms with Gasteiger partial charge in [-0.2, -0.15) is 0 Å². The predicted octanol–water partition coefficient (Wildman–Crippen LogP) is 7.47. The van der Waals surface area contributed by atoms with Crippen LogP contribution in [-0.2, 0) is 20.8 Å². The van der Waals surface area contributed by atoms with Crippen LogP contribution in [0.1, 0.15) is 51.2 Å². The molecular formula is C38H35BrF2N6O5. The van der Waals surface area contributed by atoms with E-state index in [1.54, 1.807) is 12.3 Å². The van der Waals surface area contributed by atoms with Crippen molar-refractivity contribution in [2.75, 3.05) is 32.3 Å². The Morgan fingerprint density at radius 1 is 0.827 bits per heavy atom. The SMILES string of the molecule is COC(=O)c1ccc(-c2nc(Br)cnc2N)cc1F.COC(=O)c1ccc(-c2nc(C3=CCC(COCc4ccccc4)CC3)cnc2N)cc1F. The molecule has 5 aromatic rings. The summed E-state index contributed by atoms with van der Waals surface area (Å²) in [4.78, 5) is 39.9. The third kappa shape index (κ3) is 9.38. The maximum Gasteiger partial charge on any atom is 0.340 e. The summed E-state index contributed by atoms with van der Waals surface area (Å²) in [6, 6.07) is 18.3. The van der Waals surface area contributed by atoms with Gasteiger partial charge in [-0.15, -0.1) is 0 Å². The first-order valence-corrected chi connectivity index (χ1v) is 16.8. The number of nitrogens with two attached hydrogens (primary N) is 2. The average Bonchev–Trinajstić information content (AvgIpc) is 3.16. The Kier molecular flexibility index (Phi) is 12.7. The van der Waals surface area contributed by atoms with Crippen LogP contribution in [0.15, 0.2) is 89.8 Å². The van der Waals surface area contributed by atoms with Crippen molar-refractivity contribution in [3.63, 3.8) is 0 Å². The van der Waals surface area contributed by atoms with E-state index >= 15 is 0 Å². The summed E-state index contributed by atoms with van der Waals surface area (Å²) in [6.45, 7) is 1.33. The van der Waals surface area contributed by atoms with Gasteiger partial charge in [0.2, 0.25) is 0 Å². The Hall–Kier alpha value is -5.60. The third-order valence-corrected chi connectivity index (χ3v) is 8.56. The minimum absolute atomic E-state index is 0.139. The van der Waals surface area contributed by atoms with Crippen LogP contribution in [0, 0.1) is 17.6 Å². The first-order valence-electron chi connectivity index (χ1n) is 16.1. The van der Waals surface area contributed by atoms with Crippen LogP contribution in [0.4, 0.5) is 20.4 Å². The standard InChI is InChI=1S/C26H26FN3O3.C12H9BrFN3O2/c1-32-26(31)21-12-11-20(13-22(21)27)24-25(28)29-14-23(30-24)19-9-7-18(8-10-19)16-33-15-17-5-3-2-4-6-17;1-19-12(18)7-3-2-6(4-8(7)14)10-11(15)16-5-9(13)17-10/h2-6,9,11-14,18H,7-8,10,15-16H2,1H3,(H2,28,29);2-5H,1H3,(H2,15,16). The van der Waals surface area contributed by atoms with Crippen molar-refractivity contribution in [2.24, 2.45) is 5.92 Å². The number of methoxy groups -OCH3 is 2. The zero-order chi connectivity index (χ0) is 37.2. The molecule has 1 aliphatic carbocycles. The summed E-state index contributed by atoms with van der Waals surface area (Å²) in [5, 5.41) is 0. The van der Waals surface area contributed by atoms with Gasteiger partial charge in [-0.1, -0.05) is 48.5 Å². The first kappa shape index (κ1) is 37.7. The van der Waals surface area contributed by atoms with Crippen LogP contribution in [0.2, 0.25) is 0 Å². The summed E-state index contributed by atoms with van der Waals surface area (Å²) in [7, 11) is 2.40. The zero-order valence-corrected chi connectivity index (χ0v) is 29.9. The van der Waals surface area contributed by atoms with Gasteiger partial charge >= 0.3 is 11.9 Å². The highest BCUT2D eigenvalue weighted by molar-refractivity contribution is 9.10. The molecule has 14 heteroatoms. The second-order valence-electron chi connectivity index (χ2n) is 11.7. The molecule has 4 N–H and O–H groups in total. The molecule has 52 heavy (non-hydrogen) atoms. The monoisotopic (exact) mass is 772 g/mol. The van der Waals surface area contributed by atoms with E-state index in [9.17, 15) is 18.4 Å². The molecule has 2 heterocycles. The van der Waals surface area contributed by atoms with E-state index in [2.05, 4.69) is 63.5 Å². The summed E-state index contributed by atoms with van der Waals surface area (Å²) in [5.74, 6) is -2.04. The van der Waals surface area contributed by atoms with Crippen molar-refractivity contribution in [1.29, 1.82) is 0 Å². The minimum atomic E-state index is -0.739. The Morgan fingerprint density at radius 3 is 1.94 bits per heavy atom. The maximum atomic E-state index is 14.4. The number of hydrogen-bond donors (Lipinski definition) is 2. The van der Waals surface area contributed by atoms with Gasteiger partial charge in [0.05, 0.1) is 56.6 Å². The Balaban J connectivity index is 0.000000233. The molecule has 0 saturated carbocycles. The predicted molar refractivity (Wildman–Crippen MR) is 195 cm³/mol. The highest BCUT2D eigenvalue weighted by atomic mass is 79.9.